The Morgan fingerprint density at radius 2 is 1.25 bits per heavy atom. The lowest BCUT2D eigenvalue weighted by Crippen LogP contribution is -2.14. The Kier molecular flexibility index (Phi) is 8.49. The van der Waals surface area contributed by atoms with Gasteiger partial charge in [-0.1, -0.05) is 151 Å². The molecule has 288 valence electrons. The molecule has 8 aromatic carbocycles. The van der Waals surface area contributed by atoms with Gasteiger partial charge in [-0.15, -0.1) is 0 Å². The summed E-state index contributed by atoms with van der Waals surface area (Å²) in [5.74, 6) is 1.29. The van der Waals surface area contributed by atoms with Crippen molar-refractivity contribution in [3.8, 4) is 39.6 Å². The Morgan fingerprint density at radius 1 is 0.508 bits per heavy atom. The minimum atomic E-state index is 0.634. The molecule has 2 aromatic heterocycles. The van der Waals surface area contributed by atoms with Crippen molar-refractivity contribution in [2.45, 2.75) is 22.6 Å². The minimum Gasteiger partial charge on any atom is -0.309 e. The van der Waals surface area contributed by atoms with Gasteiger partial charge in [0.15, 0.2) is 11.6 Å². The summed E-state index contributed by atoms with van der Waals surface area (Å²) in [7, 11) is 0. The summed E-state index contributed by atoms with van der Waals surface area (Å²) >= 11 is 1.84. The van der Waals surface area contributed by atoms with Crippen LogP contribution in [0.3, 0.4) is 0 Å². The third-order valence-corrected chi connectivity index (χ3v) is 13.0. The lowest BCUT2D eigenvalue weighted by molar-refractivity contribution is 1.04. The minimum absolute atomic E-state index is 0.634. The van der Waals surface area contributed by atoms with Crippen molar-refractivity contribution in [2.75, 3.05) is 4.90 Å². The van der Waals surface area contributed by atoms with Gasteiger partial charge in [0.1, 0.15) is 6.33 Å². The molecule has 0 unspecified atom stereocenters. The van der Waals surface area contributed by atoms with Crippen molar-refractivity contribution in [3.05, 3.63) is 206 Å². The number of hydrogen-bond acceptors (Lipinski definition) is 5. The Labute approximate surface area is 358 Å². The molecule has 0 atom stereocenters. The van der Waals surface area contributed by atoms with E-state index in [4.69, 9.17) is 9.97 Å². The van der Waals surface area contributed by atoms with E-state index in [1.165, 1.54) is 59.4 Å². The first-order valence-corrected chi connectivity index (χ1v) is 21.6. The molecule has 61 heavy (non-hydrogen) atoms. The fraction of sp³-hybridized carbons (Fsp3) is 0.0364. The number of fused-ring (bicyclic) bond motifs is 7. The van der Waals surface area contributed by atoms with E-state index in [0.717, 1.165) is 51.9 Å². The van der Waals surface area contributed by atoms with Gasteiger partial charge in [0.25, 0.3) is 0 Å². The average molecular weight is 800 g/mol. The van der Waals surface area contributed by atoms with Gasteiger partial charge in [0, 0.05) is 48.6 Å². The summed E-state index contributed by atoms with van der Waals surface area (Å²) in [6.45, 7) is 0. The second-order valence-corrected chi connectivity index (χ2v) is 16.6. The standard InChI is InChI=1S/C55H37N5S/c1-3-13-36(14-4-1)37-25-27-39(28-26-37)54-56-35-57-55(58-54)41-16-11-19-43(33-41)60-49-32-29-38-15-7-8-20-44(38)52(49)46-22-12-21-45(53(46)60)40-30-31-48-51(34-40)61-50-24-10-9-23-47(50)59(48)42-17-5-2-6-18-42/h2-3,5-35H,1,4H2. The monoisotopic (exact) mass is 799 g/mol. The number of nitrogens with zero attached hydrogens (tertiary/aromatic N) is 5. The van der Waals surface area contributed by atoms with Crippen molar-refractivity contribution >= 4 is 67.0 Å². The number of anilines is 3. The van der Waals surface area contributed by atoms with E-state index in [-0.39, 0.29) is 0 Å². The molecule has 5 nitrogen and oxygen atoms in total. The van der Waals surface area contributed by atoms with Crippen molar-refractivity contribution in [1.29, 1.82) is 0 Å². The molecule has 1 aliphatic carbocycles. The molecule has 0 amide bonds. The highest BCUT2D eigenvalue weighted by atomic mass is 32.2. The van der Waals surface area contributed by atoms with Crippen molar-refractivity contribution in [2.24, 2.45) is 0 Å². The molecule has 0 N–H and O–H groups in total. The molecule has 0 radical (unpaired) electrons. The average Bonchev–Trinajstić information content (AvgIpc) is 3.69. The molecule has 0 saturated heterocycles. The first-order valence-electron chi connectivity index (χ1n) is 20.7. The van der Waals surface area contributed by atoms with Crippen LogP contribution >= 0.6 is 11.8 Å². The van der Waals surface area contributed by atoms with Crippen LogP contribution in [-0.2, 0) is 0 Å². The number of allylic oxidation sites excluding steroid dienone is 4. The molecule has 12 rings (SSSR count). The first-order chi connectivity index (χ1) is 30.2. The van der Waals surface area contributed by atoms with Gasteiger partial charge in [0.05, 0.1) is 22.4 Å². The number of benzene rings is 8. The number of rotatable bonds is 6. The van der Waals surface area contributed by atoms with Crippen LogP contribution in [0, 0.1) is 0 Å². The summed E-state index contributed by atoms with van der Waals surface area (Å²) in [5.41, 5.74) is 13.5. The molecule has 2 aliphatic rings. The van der Waals surface area contributed by atoms with Crippen molar-refractivity contribution in [3.63, 3.8) is 0 Å². The van der Waals surface area contributed by atoms with E-state index in [0.29, 0.717) is 11.6 Å². The second-order valence-electron chi connectivity index (χ2n) is 15.5. The van der Waals surface area contributed by atoms with Crippen LogP contribution in [-0.4, -0.2) is 19.5 Å². The van der Waals surface area contributed by atoms with E-state index >= 15 is 0 Å². The second kappa shape index (κ2) is 14.6. The van der Waals surface area contributed by atoms with E-state index in [1.54, 1.807) is 6.33 Å². The maximum atomic E-state index is 5.03. The fourth-order valence-electron chi connectivity index (χ4n) is 9.11. The summed E-state index contributed by atoms with van der Waals surface area (Å²) < 4.78 is 2.43. The fourth-order valence-corrected chi connectivity index (χ4v) is 10.2. The van der Waals surface area contributed by atoms with E-state index in [1.807, 2.05) is 11.8 Å². The van der Waals surface area contributed by atoms with Crippen molar-refractivity contribution in [1.82, 2.24) is 19.5 Å². The topological polar surface area (TPSA) is 46.8 Å². The summed E-state index contributed by atoms with van der Waals surface area (Å²) in [6.07, 6.45) is 10.6. The summed E-state index contributed by atoms with van der Waals surface area (Å²) in [4.78, 5) is 19.2. The molecule has 0 spiro atoms. The van der Waals surface area contributed by atoms with Gasteiger partial charge < -0.3 is 9.47 Å². The van der Waals surface area contributed by atoms with Crippen LogP contribution in [0.4, 0.5) is 17.1 Å². The molecule has 6 heteroatoms. The highest BCUT2D eigenvalue weighted by Crippen LogP contribution is 2.52. The number of aromatic nitrogens is 4. The quantitative estimate of drug-likeness (QED) is 0.168. The molecule has 0 bridgehead atoms. The Hall–Kier alpha value is -7.54. The lowest BCUT2D eigenvalue weighted by atomic mass is 9.98. The zero-order chi connectivity index (χ0) is 40.3. The third-order valence-electron chi connectivity index (χ3n) is 11.9. The van der Waals surface area contributed by atoms with Crippen LogP contribution in [0.5, 0.6) is 0 Å². The van der Waals surface area contributed by atoms with Crippen LogP contribution in [0.1, 0.15) is 18.4 Å². The normalized spacial score (nSPS) is 13.4. The Balaban J connectivity index is 1.01. The van der Waals surface area contributed by atoms with E-state index in [9.17, 15) is 0 Å². The third kappa shape index (κ3) is 6.06. The van der Waals surface area contributed by atoms with Gasteiger partial charge >= 0.3 is 0 Å². The number of para-hydroxylation sites is 3. The Morgan fingerprint density at radius 3 is 2.13 bits per heavy atom. The highest BCUT2D eigenvalue weighted by molar-refractivity contribution is 7.99. The van der Waals surface area contributed by atoms with Crippen LogP contribution < -0.4 is 4.90 Å². The predicted octanol–water partition coefficient (Wildman–Crippen LogP) is 14.8. The molecule has 1 aliphatic heterocycles. The van der Waals surface area contributed by atoms with E-state index in [2.05, 4.69) is 209 Å². The van der Waals surface area contributed by atoms with Gasteiger partial charge in [-0.2, -0.15) is 0 Å². The predicted molar refractivity (Wildman–Crippen MR) is 253 cm³/mol. The zero-order valence-corrected chi connectivity index (χ0v) is 33.9. The van der Waals surface area contributed by atoms with Crippen LogP contribution in [0.25, 0.3) is 77.7 Å². The van der Waals surface area contributed by atoms with Crippen LogP contribution in [0.15, 0.2) is 210 Å². The molecule has 3 heterocycles. The first kappa shape index (κ1) is 35.4. The smallest absolute Gasteiger partial charge is 0.163 e. The maximum Gasteiger partial charge on any atom is 0.163 e. The molecule has 0 saturated carbocycles. The van der Waals surface area contributed by atoms with Crippen molar-refractivity contribution < 1.29 is 0 Å². The maximum absolute atomic E-state index is 5.03. The summed E-state index contributed by atoms with van der Waals surface area (Å²) in [5, 5.41) is 4.90. The Bertz CT molecular complexity index is 3400. The SMILES string of the molecule is C1=CC(c2ccc(-c3ncnc(-c4cccc(-n5c6ccc7ccccc7c6c6cccc(-c7ccc8c(c7)Sc7ccccc7N8c7ccccc7)c65)c4)n3)cc2)=CCC1. The van der Waals surface area contributed by atoms with Gasteiger partial charge in [-0.25, -0.2) is 15.0 Å². The zero-order valence-electron chi connectivity index (χ0n) is 33.1. The largest absolute Gasteiger partial charge is 0.309 e. The molecule has 0 fully saturated rings. The van der Waals surface area contributed by atoms with E-state index < -0.39 is 0 Å². The molecular weight excluding hydrogens is 763 g/mol. The highest BCUT2D eigenvalue weighted by Gasteiger charge is 2.26. The van der Waals surface area contributed by atoms with Gasteiger partial charge in [-0.05, 0) is 94.9 Å². The van der Waals surface area contributed by atoms with Gasteiger partial charge in [0.2, 0.25) is 0 Å². The number of hydrogen-bond donors (Lipinski definition) is 0. The van der Waals surface area contributed by atoms with Crippen LogP contribution in [0.2, 0.25) is 0 Å². The molecular formula is C55H37N5S. The summed E-state index contributed by atoms with van der Waals surface area (Å²) in [6, 6.07) is 63.4. The lowest BCUT2D eigenvalue weighted by Gasteiger charge is -2.33. The molecule has 10 aromatic rings. The van der Waals surface area contributed by atoms with Gasteiger partial charge in [-0.3, -0.25) is 0 Å².